The third kappa shape index (κ3) is 4.70. The molecular weight excluding hydrogens is 450 g/mol. The van der Waals surface area contributed by atoms with E-state index in [0.29, 0.717) is 17.3 Å². The van der Waals surface area contributed by atoms with E-state index in [4.69, 9.17) is 16.6 Å². The molecule has 0 amide bonds. The summed E-state index contributed by atoms with van der Waals surface area (Å²) >= 11 is 7.56. The summed E-state index contributed by atoms with van der Waals surface area (Å²) in [4.78, 5) is 17.8. The summed E-state index contributed by atoms with van der Waals surface area (Å²) in [6.45, 7) is 10.6. The van der Waals surface area contributed by atoms with Crippen LogP contribution in [0.3, 0.4) is 0 Å². The number of ketones is 1. The molecular formula is C27H26ClN3OS. The van der Waals surface area contributed by atoms with Gasteiger partial charge >= 0.3 is 0 Å². The molecule has 168 valence electrons. The third-order valence-corrected chi connectivity index (χ3v) is 6.95. The molecule has 2 aromatic heterocycles. The fraction of sp³-hybridized carbons (Fsp3) is 0.185. The number of benzene rings is 2. The molecule has 0 radical (unpaired) electrons. The molecule has 0 atom stereocenters. The number of rotatable bonds is 8. The number of thioether (sulfide) groups is 1. The molecule has 2 aromatic carbocycles. The fourth-order valence-electron chi connectivity index (χ4n) is 4.01. The second-order valence-electron chi connectivity index (χ2n) is 7.95. The summed E-state index contributed by atoms with van der Waals surface area (Å²) in [5.41, 5.74) is 6.94. The number of aromatic nitrogens is 3. The fourth-order valence-corrected chi connectivity index (χ4v) is 5.00. The van der Waals surface area contributed by atoms with Crippen LogP contribution in [0.25, 0.3) is 16.9 Å². The highest BCUT2D eigenvalue weighted by atomic mass is 35.5. The van der Waals surface area contributed by atoms with Crippen molar-refractivity contribution >= 4 is 29.1 Å². The SMILES string of the molecule is C=CCn1c(C)cc(C(=O)CSc2ncc(-c3ccc(Cl)cc3)n2-c2ccccc2C)c1C. The Labute approximate surface area is 203 Å². The van der Waals surface area contributed by atoms with Crippen LogP contribution in [-0.4, -0.2) is 25.7 Å². The Morgan fingerprint density at radius 3 is 2.55 bits per heavy atom. The molecule has 33 heavy (non-hydrogen) atoms. The van der Waals surface area contributed by atoms with E-state index in [1.54, 1.807) is 0 Å². The molecule has 0 saturated carbocycles. The number of hydrogen-bond acceptors (Lipinski definition) is 3. The van der Waals surface area contributed by atoms with E-state index in [9.17, 15) is 4.79 Å². The molecule has 4 nitrogen and oxygen atoms in total. The van der Waals surface area contributed by atoms with Crippen molar-refractivity contribution in [2.24, 2.45) is 0 Å². The van der Waals surface area contributed by atoms with Crippen molar-refractivity contribution in [1.29, 1.82) is 0 Å². The second kappa shape index (κ2) is 9.86. The number of imidazole rings is 1. The first-order valence-electron chi connectivity index (χ1n) is 10.7. The molecule has 2 heterocycles. The van der Waals surface area contributed by atoms with Crippen molar-refractivity contribution in [2.45, 2.75) is 32.5 Å². The number of carbonyl (C=O) groups is 1. The van der Waals surface area contributed by atoms with Crippen molar-refractivity contribution in [3.63, 3.8) is 0 Å². The predicted octanol–water partition coefficient (Wildman–Crippen LogP) is 7.08. The molecule has 6 heteroatoms. The number of halogens is 1. The maximum absolute atomic E-state index is 13.1. The molecule has 0 spiro atoms. The largest absolute Gasteiger partial charge is 0.345 e. The van der Waals surface area contributed by atoms with Crippen molar-refractivity contribution in [3.8, 4) is 16.9 Å². The lowest BCUT2D eigenvalue weighted by Crippen LogP contribution is -2.07. The lowest BCUT2D eigenvalue weighted by Gasteiger charge is -2.14. The van der Waals surface area contributed by atoms with E-state index < -0.39 is 0 Å². The van der Waals surface area contributed by atoms with Gasteiger partial charge in [-0.15, -0.1) is 6.58 Å². The third-order valence-electron chi connectivity index (χ3n) is 5.74. The first-order chi connectivity index (χ1) is 15.9. The summed E-state index contributed by atoms with van der Waals surface area (Å²) in [6.07, 6.45) is 3.71. The van der Waals surface area contributed by atoms with Crippen LogP contribution in [0.1, 0.15) is 27.3 Å². The van der Waals surface area contributed by atoms with E-state index in [0.717, 1.165) is 44.6 Å². The molecule has 0 aliphatic carbocycles. The van der Waals surface area contributed by atoms with Gasteiger partial charge in [0, 0.05) is 34.1 Å². The van der Waals surface area contributed by atoms with Crippen LogP contribution in [0, 0.1) is 20.8 Å². The topological polar surface area (TPSA) is 39.8 Å². The maximum Gasteiger partial charge on any atom is 0.175 e. The Kier molecular flexibility index (Phi) is 6.91. The Balaban J connectivity index is 1.68. The van der Waals surface area contributed by atoms with Gasteiger partial charge in [-0.3, -0.25) is 9.36 Å². The predicted molar refractivity (Wildman–Crippen MR) is 138 cm³/mol. The molecule has 4 rings (SSSR count). The van der Waals surface area contributed by atoms with Crippen LogP contribution in [0.5, 0.6) is 0 Å². The van der Waals surface area contributed by atoms with Gasteiger partial charge in [0.1, 0.15) is 0 Å². The summed E-state index contributed by atoms with van der Waals surface area (Å²) in [5.74, 6) is 0.400. The Hall–Kier alpha value is -3.02. The number of para-hydroxylation sites is 1. The Morgan fingerprint density at radius 2 is 1.85 bits per heavy atom. The maximum atomic E-state index is 13.1. The Bertz CT molecular complexity index is 1320. The quantitative estimate of drug-likeness (QED) is 0.155. The standard InChI is InChI=1S/C27H26ClN3OS/c1-5-14-30-19(3)15-23(20(30)4)26(32)17-33-27-29-16-25(21-10-12-22(28)13-11-21)31(27)24-9-7-6-8-18(24)2/h5-13,15-16H,1,14,17H2,2-4H3. The smallest absolute Gasteiger partial charge is 0.175 e. The van der Waals surface area contributed by atoms with Gasteiger partial charge in [-0.2, -0.15) is 0 Å². The normalized spacial score (nSPS) is 11.0. The number of Topliss-reactive ketones (excluding diaryl/α,β-unsaturated/α-hetero) is 1. The zero-order chi connectivity index (χ0) is 23.5. The highest BCUT2D eigenvalue weighted by molar-refractivity contribution is 7.99. The summed E-state index contributed by atoms with van der Waals surface area (Å²) in [7, 11) is 0. The highest BCUT2D eigenvalue weighted by Crippen LogP contribution is 2.32. The summed E-state index contributed by atoms with van der Waals surface area (Å²) < 4.78 is 4.23. The monoisotopic (exact) mass is 475 g/mol. The van der Waals surface area contributed by atoms with Crippen molar-refractivity contribution in [1.82, 2.24) is 14.1 Å². The van der Waals surface area contributed by atoms with Gasteiger partial charge in [0.25, 0.3) is 0 Å². The zero-order valence-corrected chi connectivity index (χ0v) is 20.6. The lowest BCUT2D eigenvalue weighted by molar-refractivity contribution is 0.102. The molecule has 0 aliphatic heterocycles. The second-order valence-corrected chi connectivity index (χ2v) is 9.33. The van der Waals surface area contributed by atoms with Gasteiger partial charge in [0.05, 0.1) is 23.3 Å². The molecule has 0 fully saturated rings. The van der Waals surface area contributed by atoms with Gasteiger partial charge in [-0.1, -0.05) is 59.8 Å². The number of nitrogens with zero attached hydrogens (tertiary/aromatic N) is 3. The van der Waals surface area contributed by atoms with E-state index in [2.05, 4.69) is 34.8 Å². The minimum atomic E-state index is 0.0933. The summed E-state index contributed by atoms with van der Waals surface area (Å²) in [6, 6.07) is 17.9. The molecule has 0 aliphatic rings. The van der Waals surface area contributed by atoms with E-state index in [1.165, 1.54) is 11.8 Å². The first-order valence-corrected chi connectivity index (χ1v) is 12.1. The van der Waals surface area contributed by atoms with Crippen LogP contribution in [0.2, 0.25) is 5.02 Å². The van der Waals surface area contributed by atoms with Crippen molar-refractivity contribution in [2.75, 3.05) is 5.75 Å². The lowest BCUT2D eigenvalue weighted by atomic mass is 10.1. The molecule has 4 aromatic rings. The van der Waals surface area contributed by atoms with Crippen molar-refractivity contribution < 1.29 is 4.79 Å². The van der Waals surface area contributed by atoms with Gasteiger partial charge < -0.3 is 4.57 Å². The molecule has 0 N–H and O–H groups in total. The van der Waals surface area contributed by atoms with Gasteiger partial charge in [0.2, 0.25) is 0 Å². The minimum absolute atomic E-state index is 0.0933. The Morgan fingerprint density at radius 1 is 1.12 bits per heavy atom. The average Bonchev–Trinajstić information content (AvgIpc) is 3.35. The average molecular weight is 476 g/mol. The van der Waals surface area contributed by atoms with Gasteiger partial charge in [-0.05, 0) is 50.6 Å². The number of allylic oxidation sites excluding steroid dienone is 1. The molecule has 0 unspecified atom stereocenters. The summed E-state index contributed by atoms with van der Waals surface area (Å²) in [5, 5.41) is 1.47. The van der Waals surface area contributed by atoms with Crippen molar-refractivity contribution in [3.05, 3.63) is 101 Å². The number of hydrogen-bond donors (Lipinski definition) is 0. The van der Waals surface area contributed by atoms with Crippen LogP contribution in [-0.2, 0) is 6.54 Å². The highest BCUT2D eigenvalue weighted by Gasteiger charge is 2.19. The number of aryl methyl sites for hydroxylation is 2. The van der Waals surface area contributed by atoms with Crippen LogP contribution >= 0.6 is 23.4 Å². The van der Waals surface area contributed by atoms with E-state index in [1.807, 2.05) is 68.6 Å². The van der Waals surface area contributed by atoms with Gasteiger partial charge in [-0.25, -0.2) is 4.98 Å². The van der Waals surface area contributed by atoms with E-state index >= 15 is 0 Å². The van der Waals surface area contributed by atoms with Crippen LogP contribution in [0.4, 0.5) is 0 Å². The van der Waals surface area contributed by atoms with Gasteiger partial charge in [0.15, 0.2) is 10.9 Å². The molecule has 0 saturated heterocycles. The van der Waals surface area contributed by atoms with Crippen LogP contribution < -0.4 is 0 Å². The minimum Gasteiger partial charge on any atom is -0.345 e. The van der Waals surface area contributed by atoms with E-state index in [-0.39, 0.29) is 5.78 Å². The molecule has 0 bridgehead atoms. The number of carbonyl (C=O) groups excluding carboxylic acids is 1. The van der Waals surface area contributed by atoms with Crippen LogP contribution in [0.15, 0.2) is 78.6 Å². The first kappa shape index (κ1) is 23.1. The zero-order valence-electron chi connectivity index (χ0n) is 19.0.